The molecule has 0 unspecified atom stereocenters. The smallest absolute Gasteiger partial charge is 0.240 e. The van der Waals surface area contributed by atoms with Crippen LogP contribution < -0.4 is 0 Å². The summed E-state index contributed by atoms with van der Waals surface area (Å²) in [7, 11) is 1.64. The van der Waals surface area contributed by atoms with Crippen molar-refractivity contribution >= 4 is 5.91 Å². The van der Waals surface area contributed by atoms with Crippen LogP contribution in [0.5, 0.6) is 0 Å². The number of methoxy groups -OCH3 is 1. The molecule has 0 aromatic carbocycles. The summed E-state index contributed by atoms with van der Waals surface area (Å²) < 4.78 is 5.04. The molecule has 1 aliphatic rings. The minimum atomic E-state index is 0.0613. The van der Waals surface area contributed by atoms with Crippen molar-refractivity contribution in [2.45, 2.75) is 32.6 Å². The van der Waals surface area contributed by atoms with Gasteiger partial charge in [-0.05, 0) is 32.6 Å². The van der Waals surface area contributed by atoms with E-state index in [9.17, 15) is 4.79 Å². The molecule has 1 aliphatic carbocycles. The summed E-state index contributed by atoms with van der Waals surface area (Å²) in [5.41, 5.74) is 1.17. The lowest BCUT2D eigenvalue weighted by atomic mass is 10.0. The third kappa shape index (κ3) is 5.61. The van der Waals surface area contributed by atoms with Gasteiger partial charge in [-0.3, -0.25) is 9.69 Å². The molecular formula is C15H28N2O3. The highest BCUT2D eigenvalue weighted by Crippen LogP contribution is 2.21. The predicted octanol–water partition coefficient (Wildman–Crippen LogP) is 1.23. The summed E-state index contributed by atoms with van der Waals surface area (Å²) in [6.07, 6.45) is 6.65. The van der Waals surface area contributed by atoms with Crippen LogP contribution in [-0.2, 0) is 9.53 Å². The van der Waals surface area contributed by atoms with Gasteiger partial charge in [0.15, 0.2) is 0 Å². The molecule has 0 aromatic heterocycles. The first-order valence-electron chi connectivity index (χ1n) is 7.54. The van der Waals surface area contributed by atoms with Gasteiger partial charge in [-0.25, -0.2) is 0 Å². The number of carbonyl (C=O) groups excluding carboxylic acids is 1. The maximum absolute atomic E-state index is 12.4. The van der Waals surface area contributed by atoms with Crippen LogP contribution in [-0.4, -0.2) is 67.3 Å². The molecule has 1 rings (SSSR count). The Morgan fingerprint density at radius 3 is 2.75 bits per heavy atom. The van der Waals surface area contributed by atoms with Crippen molar-refractivity contribution in [1.29, 1.82) is 0 Å². The van der Waals surface area contributed by atoms with Gasteiger partial charge in [0.2, 0.25) is 5.91 Å². The second kappa shape index (κ2) is 9.91. The number of hydrogen-bond donors (Lipinski definition) is 1. The zero-order chi connectivity index (χ0) is 14.8. The van der Waals surface area contributed by atoms with Crippen LogP contribution in [0.15, 0.2) is 11.8 Å². The zero-order valence-corrected chi connectivity index (χ0v) is 12.8. The van der Waals surface area contributed by atoms with Gasteiger partial charge in [0.05, 0.1) is 19.8 Å². The van der Waals surface area contributed by atoms with Crippen molar-refractivity contribution in [3.8, 4) is 0 Å². The fraction of sp³-hybridized carbons (Fsp3) is 0.800. The standard InChI is InChI=1S/C15H28N2O3/c1-3-17(14-7-5-4-6-8-14)15(19)13-16(9-11-18)10-12-20-2/h7,18H,3-6,8-13H2,1-2H3. The van der Waals surface area contributed by atoms with E-state index < -0.39 is 0 Å². The highest BCUT2D eigenvalue weighted by molar-refractivity contribution is 5.80. The van der Waals surface area contributed by atoms with E-state index in [1.807, 2.05) is 16.7 Å². The molecule has 0 atom stereocenters. The quantitative estimate of drug-likeness (QED) is 0.692. The Labute approximate surface area is 122 Å². The molecule has 0 spiro atoms. The molecule has 1 amide bonds. The number of carbonyl (C=O) groups is 1. The molecule has 1 N–H and O–H groups in total. The molecule has 0 fully saturated rings. The van der Waals surface area contributed by atoms with Crippen LogP contribution in [0, 0.1) is 0 Å². The molecule has 0 bridgehead atoms. The summed E-state index contributed by atoms with van der Waals surface area (Å²) in [6.45, 7) is 4.87. The summed E-state index contributed by atoms with van der Waals surface area (Å²) in [5.74, 6) is 0.116. The zero-order valence-electron chi connectivity index (χ0n) is 12.8. The molecule has 0 aromatic rings. The molecule has 5 heteroatoms. The molecule has 5 nitrogen and oxygen atoms in total. The lowest BCUT2D eigenvalue weighted by molar-refractivity contribution is -0.130. The third-order valence-electron chi connectivity index (χ3n) is 3.62. The number of aliphatic hydroxyl groups excluding tert-OH is 1. The molecule has 0 saturated heterocycles. The highest BCUT2D eigenvalue weighted by atomic mass is 16.5. The second-order valence-corrected chi connectivity index (χ2v) is 5.07. The number of likely N-dealkylation sites (N-methyl/N-ethyl adjacent to an activating group) is 1. The minimum absolute atomic E-state index is 0.0613. The SMILES string of the molecule is CCN(C(=O)CN(CCO)CCOC)C1=CCCCC1. The fourth-order valence-electron chi connectivity index (χ4n) is 2.51. The van der Waals surface area contributed by atoms with Crippen LogP contribution in [0.2, 0.25) is 0 Å². The summed E-state index contributed by atoms with van der Waals surface area (Å²) in [4.78, 5) is 16.3. The average molecular weight is 284 g/mol. The first-order chi connectivity index (χ1) is 9.72. The monoisotopic (exact) mass is 284 g/mol. The van der Waals surface area contributed by atoms with E-state index in [0.717, 1.165) is 12.8 Å². The van der Waals surface area contributed by atoms with E-state index >= 15 is 0 Å². The lowest BCUT2D eigenvalue weighted by Crippen LogP contribution is -2.42. The summed E-state index contributed by atoms with van der Waals surface area (Å²) in [5, 5.41) is 9.07. The van der Waals surface area contributed by atoms with Gasteiger partial charge in [0.1, 0.15) is 0 Å². The number of amides is 1. The third-order valence-corrected chi connectivity index (χ3v) is 3.62. The molecule has 0 heterocycles. The molecular weight excluding hydrogens is 256 g/mol. The predicted molar refractivity (Wildman–Crippen MR) is 79.3 cm³/mol. The second-order valence-electron chi connectivity index (χ2n) is 5.07. The average Bonchev–Trinajstić information content (AvgIpc) is 2.47. The Kier molecular flexibility index (Phi) is 8.49. The molecule has 0 aliphatic heterocycles. The maximum atomic E-state index is 12.4. The Morgan fingerprint density at radius 1 is 1.40 bits per heavy atom. The van der Waals surface area contributed by atoms with E-state index in [2.05, 4.69) is 6.08 Å². The van der Waals surface area contributed by atoms with E-state index in [1.54, 1.807) is 7.11 Å². The van der Waals surface area contributed by atoms with Crippen molar-refractivity contribution in [2.24, 2.45) is 0 Å². The van der Waals surface area contributed by atoms with Gasteiger partial charge < -0.3 is 14.7 Å². The van der Waals surface area contributed by atoms with Crippen LogP contribution in [0.1, 0.15) is 32.6 Å². The Bertz CT molecular complexity index is 318. The van der Waals surface area contributed by atoms with Crippen LogP contribution in [0.4, 0.5) is 0 Å². The van der Waals surface area contributed by atoms with Gasteiger partial charge >= 0.3 is 0 Å². The summed E-state index contributed by atoms with van der Waals surface area (Å²) >= 11 is 0. The van der Waals surface area contributed by atoms with E-state index in [0.29, 0.717) is 32.8 Å². The fourth-order valence-corrected chi connectivity index (χ4v) is 2.51. The number of nitrogens with zero attached hydrogens (tertiary/aromatic N) is 2. The number of allylic oxidation sites excluding steroid dienone is 2. The molecule has 0 radical (unpaired) electrons. The maximum Gasteiger partial charge on any atom is 0.240 e. The van der Waals surface area contributed by atoms with Crippen molar-refractivity contribution in [1.82, 2.24) is 9.80 Å². The molecule has 20 heavy (non-hydrogen) atoms. The summed E-state index contributed by atoms with van der Waals surface area (Å²) in [6, 6.07) is 0. The van der Waals surface area contributed by atoms with Gasteiger partial charge in [-0.1, -0.05) is 6.08 Å². The normalized spacial score (nSPS) is 15.3. The Hall–Kier alpha value is -0.910. The topological polar surface area (TPSA) is 53.0 Å². The molecule has 116 valence electrons. The number of hydrogen-bond acceptors (Lipinski definition) is 4. The highest BCUT2D eigenvalue weighted by Gasteiger charge is 2.20. The Balaban J connectivity index is 2.57. The van der Waals surface area contributed by atoms with Crippen LogP contribution in [0.25, 0.3) is 0 Å². The number of rotatable bonds is 9. The van der Waals surface area contributed by atoms with Gasteiger partial charge in [0.25, 0.3) is 0 Å². The van der Waals surface area contributed by atoms with E-state index in [4.69, 9.17) is 9.84 Å². The first kappa shape index (κ1) is 17.1. The first-order valence-corrected chi connectivity index (χ1v) is 7.54. The van der Waals surface area contributed by atoms with Crippen molar-refractivity contribution < 1.29 is 14.6 Å². The van der Waals surface area contributed by atoms with Crippen molar-refractivity contribution in [3.63, 3.8) is 0 Å². The minimum Gasteiger partial charge on any atom is -0.395 e. The van der Waals surface area contributed by atoms with Gasteiger partial charge in [-0.2, -0.15) is 0 Å². The van der Waals surface area contributed by atoms with Crippen molar-refractivity contribution in [2.75, 3.05) is 46.5 Å². The van der Waals surface area contributed by atoms with Crippen molar-refractivity contribution in [3.05, 3.63) is 11.8 Å². The lowest BCUT2D eigenvalue weighted by Gasteiger charge is -2.29. The molecule has 0 saturated carbocycles. The number of aliphatic hydroxyl groups is 1. The van der Waals surface area contributed by atoms with Crippen LogP contribution in [0.3, 0.4) is 0 Å². The van der Waals surface area contributed by atoms with E-state index in [-0.39, 0.29) is 12.5 Å². The van der Waals surface area contributed by atoms with Gasteiger partial charge in [0, 0.05) is 32.4 Å². The largest absolute Gasteiger partial charge is 0.395 e. The Morgan fingerprint density at radius 2 is 2.20 bits per heavy atom. The van der Waals surface area contributed by atoms with E-state index in [1.165, 1.54) is 18.5 Å². The van der Waals surface area contributed by atoms with Gasteiger partial charge in [-0.15, -0.1) is 0 Å². The number of ether oxygens (including phenoxy) is 1. The van der Waals surface area contributed by atoms with Crippen LogP contribution >= 0.6 is 0 Å².